The second kappa shape index (κ2) is 6.60. The molecule has 0 spiro atoms. The summed E-state index contributed by atoms with van der Waals surface area (Å²) in [6.45, 7) is 3.47. The third-order valence-electron chi connectivity index (χ3n) is 6.00. The molecular weight excluding hydrogens is 354 g/mol. The zero-order valence-electron chi connectivity index (χ0n) is 15.8. The number of aryl methyl sites for hydroxylation is 1. The van der Waals surface area contributed by atoms with Crippen LogP contribution in [0.1, 0.15) is 23.6 Å². The first-order valence-corrected chi connectivity index (χ1v) is 9.70. The normalized spacial score (nSPS) is 21.5. The summed E-state index contributed by atoms with van der Waals surface area (Å²) in [4.78, 5) is 34.0. The molecule has 2 aliphatic rings. The molecule has 144 valence electrons. The molecule has 0 amide bonds. The smallest absolute Gasteiger partial charge is 0.261 e. The number of rotatable bonds is 3. The van der Waals surface area contributed by atoms with Crippen LogP contribution in [0.25, 0.3) is 11.4 Å². The highest BCUT2D eigenvalue weighted by Crippen LogP contribution is 2.36. The SMILES string of the molecule is Cn1ccnc1-c1ccc2n(c1=O)C[C@H]1C[C@@H]2CN(Cc2ccc(=O)[nH]c2)C1. The Balaban J connectivity index is 1.43. The summed E-state index contributed by atoms with van der Waals surface area (Å²) in [7, 11) is 1.91. The maximum Gasteiger partial charge on any atom is 0.261 e. The molecule has 2 aliphatic heterocycles. The summed E-state index contributed by atoms with van der Waals surface area (Å²) >= 11 is 0. The van der Waals surface area contributed by atoms with Crippen LogP contribution in [0.4, 0.5) is 0 Å². The lowest BCUT2D eigenvalue weighted by Gasteiger charge is -2.43. The first-order chi connectivity index (χ1) is 13.6. The van der Waals surface area contributed by atoms with Crippen molar-refractivity contribution in [3.8, 4) is 11.4 Å². The van der Waals surface area contributed by atoms with Gasteiger partial charge in [0, 0.05) is 69.5 Å². The number of pyridine rings is 2. The van der Waals surface area contributed by atoms with Gasteiger partial charge in [-0.15, -0.1) is 0 Å². The third-order valence-corrected chi connectivity index (χ3v) is 6.00. The van der Waals surface area contributed by atoms with Crippen LogP contribution in [0.15, 0.2) is 52.4 Å². The monoisotopic (exact) mass is 377 g/mol. The number of H-pyrrole nitrogens is 1. The van der Waals surface area contributed by atoms with Crippen molar-refractivity contribution >= 4 is 0 Å². The summed E-state index contributed by atoms with van der Waals surface area (Å²) in [6, 6.07) is 7.50. The number of nitrogens with one attached hydrogen (secondary N) is 1. The van der Waals surface area contributed by atoms with Gasteiger partial charge in [0.1, 0.15) is 5.82 Å². The molecule has 1 fully saturated rings. The minimum absolute atomic E-state index is 0.0654. The molecule has 1 saturated heterocycles. The van der Waals surface area contributed by atoms with E-state index in [1.807, 2.05) is 34.5 Å². The number of likely N-dealkylation sites (tertiary alicyclic amines) is 1. The fourth-order valence-electron chi connectivity index (χ4n) is 4.77. The third kappa shape index (κ3) is 2.92. The van der Waals surface area contributed by atoms with E-state index in [0.717, 1.165) is 49.7 Å². The number of hydrogen-bond acceptors (Lipinski definition) is 4. The molecule has 2 bridgehead atoms. The van der Waals surface area contributed by atoms with Crippen LogP contribution in [0.3, 0.4) is 0 Å². The molecule has 0 unspecified atom stereocenters. The average Bonchev–Trinajstić information content (AvgIpc) is 3.10. The van der Waals surface area contributed by atoms with Crippen molar-refractivity contribution in [1.29, 1.82) is 0 Å². The first kappa shape index (κ1) is 17.2. The zero-order valence-corrected chi connectivity index (χ0v) is 15.8. The number of fused-ring (bicyclic) bond motifs is 4. The van der Waals surface area contributed by atoms with E-state index in [9.17, 15) is 9.59 Å². The predicted molar refractivity (Wildman–Crippen MR) is 106 cm³/mol. The molecule has 7 heteroatoms. The fourth-order valence-corrected chi connectivity index (χ4v) is 4.77. The Labute approximate surface area is 162 Å². The van der Waals surface area contributed by atoms with Crippen molar-refractivity contribution in [1.82, 2.24) is 24.0 Å². The lowest BCUT2D eigenvalue weighted by molar-refractivity contribution is 0.114. The predicted octanol–water partition coefficient (Wildman–Crippen LogP) is 1.56. The molecule has 5 rings (SSSR count). The summed E-state index contributed by atoms with van der Waals surface area (Å²) in [5.74, 6) is 1.54. The van der Waals surface area contributed by atoms with E-state index < -0.39 is 0 Å². The van der Waals surface area contributed by atoms with Gasteiger partial charge in [0.2, 0.25) is 5.56 Å². The van der Waals surface area contributed by atoms with E-state index in [4.69, 9.17) is 0 Å². The summed E-state index contributed by atoms with van der Waals surface area (Å²) in [5.41, 5.74) is 2.90. The molecule has 5 heterocycles. The Morgan fingerprint density at radius 1 is 1.14 bits per heavy atom. The first-order valence-electron chi connectivity index (χ1n) is 9.70. The van der Waals surface area contributed by atoms with Gasteiger partial charge in [0.05, 0.1) is 5.56 Å². The molecule has 28 heavy (non-hydrogen) atoms. The molecule has 7 nitrogen and oxygen atoms in total. The molecule has 0 radical (unpaired) electrons. The van der Waals surface area contributed by atoms with Crippen LogP contribution in [0.2, 0.25) is 0 Å². The number of aromatic nitrogens is 4. The van der Waals surface area contributed by atoms with Gasteiger partial charge in [0.15, 0.2) is 0 Å². The van der Waals surface area contributed by atoms with E-state index in [2.05, 4.69) is 20.9 Å². The van der Waals surface area contributed by atoms with Gasteiger partial charge in [-0.2, -0.15) is 0 Å². The Morgan fingerprint density at radius 3 is 2.79 bits per heavy atom. The Bertz CT molecular complexity index is 1120. The highest BCUT2D eigenvalue weighted by molar-refractivity contribution is 5.54. The van der Waals surface area contributed by atoms with Crippen LogP contribution in [-0.4, -0.2) is 37.1 Å². The van der Waals surface area contributed by atoms with Gasteiger partial charge < -0.3 is 14.1 Å². The molecular formula is C21H23N5O2. The van der Waals surface area contributed by atoms with Gasteiger partial charge in [0.25, 0.3) is 5.56 Å². The Morgan fingerprint density at radius 2 is 2.04 bits per heavy atom. The summed E-state index contributed by atoms with van der Waals surface area (Å²) in [6.07, 6.45) is 6.51. The number of imidazole rings is 1. The van der Waals surface area contributed by atoms with Crippen LogP contribution in [-0.2, 0) is 20.1 Å². The largest absolute Gasteiger partial charge is 0.334 e. The van der Waals surface area contributed by atoms with Gasteiger partial charge in [-0.25, -0.2) is 4.98 Å². The lowest BCUT2D eigenvalue weighted by atomic mass is 9.83. The van der Waals surface area contributed by atoms with Crippen molar-refractivity contribution in [2.45, 2.75) is 25.4 Å². The number of piperidine rings is 1. The fraction of sp³-hybridized carbons (Fsp3) is 0.381. The number of nitrogens with zero attached hydrogens (tertiary/aromatic N) is 4. The molecule has 3 aromatic rings. The van der Waals surface area contributed by atoms with Gasteiger partial charge >= 0.3 is 0 Å². The van der Waals surface area contributed by atoms with E-state index in [1.54, 1.807) is 18.5 Å². The van der Waals surface area contributed by atoms with Crippen LogP contribution < -0.4 is 11.1 Å². The second-order valence-corrected chi connectivity index (χ2v) is 8.00. The lowest BCUT2D eigenvalue weighted by Crippen LogP contribution is -2.47. The van der Waals surface area contributed by atoms with Crippen molar-refractivity contribution < 1.29 is 0 Å². The maximum atomic E-state index is 13.2. The zero-order chi connectivity index (χ0) is 19.3. The Hall–Kier alpha value is -2.93. The maximum absolute atomic E-state index is 13.2. The second-order valence-electron chi connectivity index (χ2n) is 8.00. The molecule has 2 atom stereocenters. The molecule has 0 aliphatic carbocycles. The highest BCUT2D eigenvalue weighted by Gasteiger charge is 2.35. The summed E-state index contributed by atoms with van der Waals surface area (Å²) in [5, 5.41) is 0. The number of hydrogen-bond donors (Lipinski definition) is 1. The van der Waals surface area contributed by atoms with E-state index in [1.165, 1.54) is 0 Å². The standard InChI is InChI=1S/C21H23N5O2/c1-24-7-6-22-20(24)17-3-4-18-16-8-15(12-26(18)21(17)28)11-25(13-16)10-14-2-5-19(27)23-9-14/h2-7,9,15-16H,8,10-13H2,1H3,(H,23,27)/t15-,16+/m0/s1. The highest BCUT2D eigenvalue weighted by atomic mass is 16.1. The van der Waals surface area contributed by atoms with Crippen LogP contribution in [0, 0.1) is 5.92 Å². The minimum Gasteiger partial charge on any atom is -0.334 e. The topological polar surface area (TPSA) is 75.9 Å². The van der Waals surface area contributed by atoms with Gasteiger partial charge in [-0.05, 0) is 30.0 Å². The minimum atomic E-state index is -0.0731. The Kier molecular flexibility index (Phi) is 4.05. The van der Waals surface area contributed by atoms with Crippen LogP contribution in [0.5, 0.6) is 0 Å². The van der Waals surface area contributed by atoms with Gasteiger partial charge in [-0.1, -0.05) is 6.07 Å². The van der Waals surface area contributed by atoms with Crippen molar-refractivity contribution in [3.63, 3.8) is 0 Å². The van der Waals surface area contributed by atoms with Crippen molar-refractivity contribution in [2.24, 2.45) is 13.0 Å². The van der Waals surface area contributed by atoms with Crippen molar-refractivity contribution in [3.05, 3.63) is 74.8 Å². The van der Waals surface area contributed by atoms with Crippen molar-refractivity contribution in [2.75, 3.05) is 13.1 Å². The van der Waals surface area contributed by atoms with Gasteiger partial charge in [-0.3, -0.25) is 14.5 Å². The molecule has 1 N–H and O–H groups in total. The quantitative estimate of drug-likeness (QED) is 0.752. The summed E-state index contributed by atoms with van der Waals surface area (Å²) < 4.78 is 3.86. The molecule has 0 aromatic carbocycles. The van der Waals surface area contributed by atoms with Crippen LogP contribution >= 0.6 is 0 Å². The van der Waals surface area contributed by atoms with E-state index in [-0.39, 0.29) is 11.1 Å². The molecule has 0 saturated carbocycles. The van der Waals surface area contributed by atoms with E-state index in [0.29, 0.717) is 17.4 Å². The number of aromatic amines is 1. The molecule has 3 aromatic heterocycles. The van der Waals surface area contributed by atoms with E-state index >= 15 is 0 Å². The average molecular weight is 377 g/mol.